The first-order chi connectivity index (χ1) is 9.52. The fourth-order valence-electron chi connectivity index (χ4n) is 1.35. The molecule has 1 atom stereocenters. The van der Waals surface area contributed by atoms with Crippen LogP contribution in [-0.4, -0.2) is 36.2 Å². The van der Waals surface area contributed by atoms with Gasteiger partial charge in [0.15, 0.2) is 6.61 Å². The lowest BCUT2D eigenvalue weighted by Crippen LogP contribution is -2.40. The van der Waals surface area contributed by atoms with Crippen molar-refractivity contribution in [2.45, 2.75) is 26.3 Å². The first kappa shape index (κ1) is 15.8. The van der Waals surface area contributed by atoms with E-state index in [2.05, 4.69) is 5.32 Å². The molecule has 1 amide bonds. The molecule has 110 valence electrons. The summed E-state index contributed by atoms with van der Waals surface area (Å²) < 4.78 is 10.7. The van der Waals surface area contributed by atoms with Crippen LogP contribution in [0.5, 0.6) is 11.5 Å². The van der Waals surface area contributed by atoms with E-state index in [1.54, 1.807) is 24.3 Å². The van der Waals surface area contributed by atoms with Crippen molar-refractivity contribution in [1.82, 2.24) is 5.32 Å². The standard InChI is InChI=1S/C14H19NO5/c1-3-8-19-11-4-6-12(7-5-11)20-9-13(16)15-10(2)14(17)18/h4-7,10H,3,8-9H2,1-2H3,(H,15,16)(H,17,18)/t10-/m0/s1. The maximum Gasteiger partial charge on any atom is 0.325 e. The van der Waals surface area contributed by atoms with Gasteiger partial charge in [-0.25, -0.2) is 0 Å². The molecular weight excluding hydrogens is 262 g/mol. The molecule has 1 rings (SSSR count). The predicted molar refractivity (Wildman–Crippen MR) is 73.0 cm³/mol. The van der Waals surface area contributed by atoms with E-state index in [0.29, 0.717) is 12.4 Å². The van der Waals surface area contributed by atoms with E-state index in [4.69, 9.17) is 14.6 Å². The molecule has 1 aromatic carbocycles. The van der Waals surface area contributed by atoms with Gasteiger partial charge in [-0.05, 0) is 37.6 Å². The van der Waals surface area contributed by atoms with E-state index < -0.39 is 17.9 Å². The first-order valence-electron chi connectivity index (χ1n) is 6.40. The molecule has 0 fully saturated rings. The minimum atomic E-state index is -1.09. The van der Waals surface area contributed by atoms with Crippen molar-refractivity contribution in [3.05, 3.63) is 24.3 Å². The Morgan fingerprint density at radius 3 is 2.25 bits per heavy atom. The maximum atomic E-state index is 11.4. The van der Waals surface area contributed by atoms with Gasteiger partial charge in [-0.2, -0.15) is 0 Å². The molecule has 0 unspecified atom stereocenters. The zero-order valence-corrected chi connectivity index (χ0v) is 11.6. The number of aliphatic carboxylic acids is 1. The quantitative estimate of drug-likeness (QED) is 0.753. The molecule has 6 nitrogen and oxygen atoms in total. The summed E-state index contributed by atoms with van der Waals surface area (Å²) in [6.07, 6.45) is 0.931. The molecule has 0 saturated carbocycles. The van der Waals surface area contributed by atoms with Crippen LogP contribution < -0.4 is 14.8 Å². The second-order valence-corrected chi connectivity index (χ2v) is 4.24. The van der Waals surface area contributed by atoms with Crippen molar-refractivity contribution in [3.8, 4) is 11.5 Å². The number of amides is 1. The smallest absolute Gasteiger partial charge is 0.325 e. The van der Waals surface area contributed by atoms with E-state index in [0.717, 1.165) is 12.2 Å². The molecule has 0 aromatic heterocycles. The number of hydrogen-bond acceptors (Lipinski definition) is 4. The van der Waals surface area contributed by atoms with Gasteiger partial charge in [0.05, 0.1) is 6.61 Å². The molecule has 0 saturated heterocycles. The Balaban J connectivity index is 2.38. The van der Waals surface area contributed by atoms with E-state index in [1.807, 2.05) is 6.92 Å². The number of carbonyl (C=O) groups is 2. The van der Waals surface area contributed by atoms with Gasteiger partial charge in [0.25, 0.3) is 5.91 Å². The van der Waals surface area contributed by atoms with E-state index >= 15 is 0 Å². The second-order valence-electron chi connectivity index (χ2n) is 4.24. The molecule has 1 aromatic rings. The van der Waals surface area contributed by atoms with Gasteiger partial charge in [0.2, 0.25) is 0 Å². The van der Waals surface area contributed by atoms with E-state index in [-0.39, 0.29) is 6.61 Å². The predicted octanol–water partition coefficient (Wildman–Crippen LogP) is 1.44. The number of hydrogen-bond donors (Lipinski definition) is 2. The average Bonchev–Trinajstić information content (AvgIpc) is 2.43. The van der Waals surface area contributed by atoms with Gasteiger partial charge in [0.1, 0.15) is 17.5 Å². The van der Waals surface area contributed by atoms with Gasteiger partial charge in [-0.1, -0.05) is 6.92 Å². The lowest BCUT2D eigenvalue weighted by molar-refractivity contribution is -0.141. The molecule has 0 heterocycles. The average molecular weight is 281 g/mol. The SMILES string of the molecule is CCCOc1ccc(OCC(=O)N[C@@H](C)C(=O)O)cc1. The maximum absolute atomic E-state index is 11.4. The molecular formula is C14H19NO5. The number of ether oxygens (including phenoxy) is 2. The van der Waals surface area contributed by atoms with Crippen molar-refractivity contribution >= 4 is 11.9 Å². The van der Waals surface area contributed by atoms with Crippen LogP contribution in [0.2, 0.25) is 0 Å². The Morgan fingerprint density at radius 2 is 1.75 bits per heavy atom. The first-order valence-corrected chi connectivity index (χ1v) is 6.40. The molecule has 6 heteroatoms. The minimum absolute atomic E-state index is 0.229. The number of rotatable bonds is 8. The lowest BCUT2D eigenvalue weighted by Gasteiger charge is -2.10. The fraction of sp³-hybridized carbons (Fsp3) is 0.429. The Labute approximate surface area is 117 Å². The van der Waals surface area contributed by atoms with Crippen LogP contribution in [0.4, 0.5) is 0 Å². The Morgan fingerprint density at radius 1 is 1.20 bits per heavy atom. The molecule has 0 aliphatic carbocycles. The van der Waals surface area contributed by atoms with E-state index in [1.165, 1.54) is 6.92 Å². The summed E-state index contributed by atoms with van der Waals surface area (Å²) in [4.78, 5) is 22.0. The monoisotopic (exact) mass is 281 g/mol. The number of carboxylic acids is 1. The summed E-state index contributed by atoms with van der Waals surface area (Å²) in [7, 11) is 0. The van der Waals surface area contributed by atoms with Crippen molar-refractivity contribution in [1.29, 1.82) is 0 Å². The van der Waals surface area contributed by atoms with Gasteiger partial charge < -0.3 is 19.9 Å². The summed E-state index contributed by atoms with van der Waals surface area (Å²) in [5.74, 6) is -0.308. The summed E-state index contributed by atoms with van der Waals surface area (Å²) in [6, 6.07) is 5.96. The Bertz CT molecular complexity index is 443. The van der Waals surface area contributed by atoms with Crippen LogP contribution >= 0.6 is 0 Å². The van der Waals surface area contributed by atoms with Crippen molar-refractivity contribution in [2.24, 2.45) is 0 Å². The third-order valence-corrected chi connectivity index (χ3v) is 2.41. The highest BCUT2D eigenvalue weighted by Gasteiger charge is 2.13. The fourth-order valence-corrected chi connectivity index (χ4v) is 1.35. The van der Waals surface area contributed by atoms with Gasteiger partial charge >= 0.3 is 5.97 Å². The normalized spacial score (nSPS) is 11.5. The van der Waals surface area contributed by atoms with Crippen LogP contribution in [-0.2, 0) is 9.59 Å². The van der Waals surface area contributed by atoms with Crippen molar-refractivity contribution in [3.63, 3.8) is 0 Å². The molecule has 0 aliphatic heterocycles. The highest BCUT2D eigenvalue weighted by atomic mass is 16.5. The number of carboxylic acid groups (broad SMARTS) is 1. The van der Waals surface area contributed by atoms with Gasteiger partial charge in [-0.15, -0.1) is 0 Å². The topological polar surface area (TPSA) is 84.9 Å². The molecule has 20 heavy (non-hydrogen) atoms. The summed E-state index contributed by atoms with van der Waals surface area (Å²) in [5.41, 5.74) is 0. The van der Waals surface area contributed by atoms with E-state index in [9.17, 15) is 9.59 Å². The summed E-state index contributed by atoms with van der Waals surface area (Å²) in [5, 5.41) is 10.9. The largest absolute Gasteiger partial charge is 0.494 e. The molecule has 0 radical (unpaired) electrons. The number of carbonyl (C=O) groups excluding carboxylic acids is 1. The van der Waals surface area contributed by atoms with Crippen LogP contribution in [0.3, 0.4) is 0 Å². The highest BCUT2D eigenvalue weighted by Crippen LogP contribution is 2.17. The van der Waals surface area contributed by atoms with Crippen LogP contribution in [0, 0.1) is 0 Å². The van der Waals surface area contributed by atoms with Crippen molar-refractivity contribution in [2.75, 3.05) is 13.2 Å². The molecule has 2 N–H and O–H groups in total. The number of nitrogens with one attached hydrogen (secondary N) is 1. The van der Waals surface area contributed by atoms with Gasteiger partial charge in [-0.3, -0.25) is 9.59 Å². The minimum Gasteiger partial charge on any atom is -0.494 e. The zero-order valence-electron chi connectivity index (χ0n) is 11.6. The summed E-state index contributed by atoms with van der Waals surface area (Å²) >= 11 is 0. The third-order valence-electron chi connectivity index (χ3n) is 2.41. The zero-order chi connectivity index (χ0) is 15.0. The number of benzene rings is 1. The Kier molecular flexibility index (Phi) is 6.36. The molecule has 0 aliphatic rings. The lowest BCUT2D eigenvalue weighted by atomic mass is 10.3. The molecule has 0 bridgehead atoms. The van der Waals surface area contributed by atoms with Gasteiger partial charge in [0, 0.05) is 0 Å². The third kappa shape index (κ3) is 5.60. The Hall–Kier alpha value is -2.24. The summed E-state index contributed by atoms with van der Waals surface area (Å²) in [6.45, 7) is 3.83. The van der Waals surface area contributed by atoms with Crippen LogP contribution in [0.1, 0.15) is 20.3 Å². The van der Waals surface area contributed by atoms with Crippen LogP contribution in [0.25, 0.3) is 0 Å². The highest BCUT2D eigenvalue weighted by molar-refractivity contribution is 5.84. The molecule has 0 spiro atoms. The van der Waals surface area contributed by atoms with Crippen molar-refractivity contribution < 1.29 is 24.2 Å². The second kappa shape index (κ2) is 8.04. The van der Waals surface area contributed by atoms with Crippen LogP contribution in [0.15, 0.2) is 24.3 Å².